The lowest BCUT2D eigenvalue weighted by Gasteiger charge is -2.13. The highest BCUT2D eigenvalue weighted by Crippen LogP contribution is 2.30. The number of carbonyl (C=O) groups is 1. The SMILES string of the molecule is Cc1cc(C)c(Cc2ccc(C(=O)NCc3c(Cl)cccc3Oc3ccccc3)o2)c(C)c1. The van der Waals surface area contributed by atoms with Crippen molar-refractivity contribution in [2.75, 3.05) is 0 Å². The number of nitrogens with one attached hydrogen (secondary N) is 1. The zero-order valence-corrected chi connectivity index (χ0v) is 19.7. The summed E-state index contributed by atoms with van der Waals surface area (Å²) >= 11 is 6.41. The van der Waals surface area contributed by atoms with Crippen LogP contribution in [0.15, 0.2) is 77.2 Å². The second-order valence-electron chi connectivity index (χ2n) is 8.13. The normalized spacial score (nSPS) is 10.8. The Kier molecular flexibility index (Phi) is 6.85. The van der Waals surface area contributed by atoms with Crippen molar-refractivity contribution in [3.8, 4) is 11.5 Å². The summed E-state index contributed by atoms with van der Waals surface area (Å²) in [5.41, 5.74) is 5.61. The topological polar surface area (TPSA) is 51.5 Å². The maximum absolute atomic E-state index is 12.8. The molecule has 33 heavy (non-hydrogen) atoms. The minimum Gasteiger partial charge on any atom is -0.457 e. The van der Waals surface area contributed by atoms with Crippen molar-refractivity contribution in [3.63, 3.8) is 0 Å². The van der Waals surface area contributed by atoms with E-state index in [1.807, 2.05) is 48.5 Å². The Balaban J connectivity index is 1.45. The number of furan rings is 1. The van der Waals surface area contributed by atoms with Gasteiger partial charge in [-0.05, 0) is 73.9 Å². The molecule has 0 aliphatic heterocycles. The quantitative estimate of drug-likeness (QED) is 0.318. The summed E-state index contributed by atoms with van der Waals surface area (Å²) in [6.07, 6.45) is 0.644. The van der Waals surface area contributed by atoms with Gasteiger partial charge in [-0.25, -0.2) is 0 Å². The first-order valence-electron chi connectivity index (χ1n) is 10.8. The first-order valence-corrected chi connectivity index (χ1v) is 11.2. The fourth-order valence-electron chi connectivity index (χ4n) is 3.94. The van der Waals surface area contributed by atoms with Crippen molar-refractivity contribution in [1.29, 1.82) is 0 Å². The molecule has 1 heterocycles. The zero-order valence-electron chi connectivity index (χ0n) is 18.9. The van der Waals surface area contributed by atoms with Gasteiger partial charge in [0.25, 0.3) is 5.91 Å². The number of halogens is 1. The van der Waals surface area contributed by atoms with Gasteiger partial charge in [0.1, 0.15) is 17.3 Å². The molecule has 0 aliphatic rings. The maximum atomic E-state index is 12.8. The van der Waals surface area contributed by atoms with Gasteiger partial charge in [0.2, 0.25) is 0 Å². The molecule has 4 aromatic rings. The summed E-state index contributed by atoms with van der Waals surface area (Å²) in [6, 6.07) is 22.8. The van der Waals surface area contributed by atoms with Gasteiger partial charge in [0, 0.05) is 23.6 Å². The first-order chi connectivity index (χ1) is 15.9. The predicted molar refractivity (Wildman–Crippen MR) is 131 cm³/mol. The molecule has 0 saturated heterocycles. The summed E-state index contributed by atoms with van der Waals surface area (Å²) in [4.78, 5) is 12.8. The third-order valence-electron chi connectivity index (χ3n) is 5.55. The summed E-state index contributed by atoms with van der Waals surface area (Å²) in [7, 11) is 0. The molecule has 4 nitrogen and oxygen atoms in total. The van der Waals surface area contributed by atoms with Crippen molar-refractivity contribution in [1.82, 2.24) is 5.32 Å². The van der Waals surface area contributed by atoms with E-state index in [-0.39, 0.29) is 18.2 Å². The van der Waals surface area contributed by atoms with Crippen LogP contribution >= 0.6 is 11.6 Å². The zero-order chi connectivity index (χ0) is 23.4. The number of rotatable bonds is 7. The standard InChI is InChI=1S/C28H26ClNO3/c1-18-14-19(2)23(20(3)15-18)16-22-12-13-27(33-22)28(31)30-17-24-25(29)10-7-11-26(24)32-21-8-5-4-6-9-21/h4-15H,16-17H2,1-3H3,(H,30,31). The molecule has 5 heteroatoms. The number of carbonyl (C=O) groups excluding carboxylic acids is 1. The van der Waals surface area contributed by atoms with Gasteiger partial charge in [-0.1, -0.05) is 53.6 Å². The van der Waals surface area contributed by atoms with Crippen LogP contribution in [0, 0.1) is 20.8 Å². The Morgan fingerprint density at radius 1 is 0.909 bits per heavy atom. The molecule has 0 aliphatic carbocycles. The van der Waals surface area contributed by atoms with Crippen LogP contribution in [0.25, 0.3) is 0 Å². The third kappa shape index (κ3) is 5.47. The molecule has 1 amide bonds. The number of para-hydroxylation sites is 1. The second kappa shape index (κ2) is 9.97. The summed E-state index contributed by atoms with van der Waals surface area (Å²) < 4.78 is 11.8. The van der Waals surface area contributed by atoms with Gasteiger partial charge in [-0.3, -0.25) is 4.79 Å². The Morgan fingerprint density at radius 3 is 2.36 bits per heavy atom. The van der Waals surface area contributed by atoms with E-state index in [0.717, 1.165) is 5.76 Å². The predicted octanol–water partition coefficient (Wildman–Crippen LogP) is 7.17. The van der Waals surface area contributed by atoms with E-state index in [1.54, 1.807) is 12.1 Å². The van der Waals surface area contributed by atoms with Crippen molar-refractivity contribution >= 4 is 17.5 Å². The molecule has 0 unspecified atom stereocenters. The van der Waals surface area contributed by atoms with E-state index in [1.165, 1.54) is 22.3 Å². The maximum Gasteiger partial charge on any atom is 0.287 e. The molecular weight excluding hydrogens is 434 g/mol. The molecule has 0 saturated carbocycles. The number of hydrogen-bond acceptors (Lipinski definition) is 3. The van der Waals surface area contributed by atoms with Crippen molar-refractivity contribution in [3.05, 3.63) is 117 Å². The van der Waals surface area contributed by atoms with Crippen LogP contribution in [0.5, 0.6) is 11.5 Å². The Labute approximate surface area is 199 Å². The van der Waals surface area contributed by atoms with Gasteiger partial charge < -0.3 is 14.5 Å². The van der Waals surface area contributed by atoms with Crippen molar-refractivity contribution in [2.24, 2.45) is 0 Å². The van der Waals surface area contributed by atoms with Gasteiger partial charge in [-0.2, -0.15) is 0 Å². The summed E-state index contributed by atoms with van der Waals surface area (Å²) in [6.45, 7) is 6.51. The van der Waals surface area contributed by atoms with Crippen molar-refractivity contribution < 1.29 is 13.9 Å². The van der Waals surface area contributed by atoms with Gasteiger partial charge in [0.05, 0.1) is 0 Å². The molecule has 1 N–H and O–H groups in total. The van der Waals surface area contributed by atoms with Crippen LogP contribution in [-0.4, -0.2) is 5.91 Å². The molecule has 168 valence electrons. The monoisotopic (exact) mass is 459 g/mol. The highest BCUT2D eigenvalue weighted by atomic mass is 35.5. The smallest absolute Gasteiger partial charge is 0.287 e. The Hall–Kier alpha value is -3.50. The average molecular weight is 460 g/mol. The molecular formula is C28H26ClNO3. The molecule has 0 fully saturated rings. The lowest BCUT2D eigenvalue weighted by Crippen LogP contribution is -2.22. The summed E-state index contributed by atoms with van der Waals surface area (Å²) in [5.74, 6) is 2.01. The number of benzene rings is 3. The third-order valence-corrected chi connectivity index (χ3v) is 5.90. The minimum atomic E-state index is -0.302. The van der Waals surface area contributed by atoms with Crippen LogP contribution in [0.2, 0.25) is 5.02 Å². The lowest BCUT2D eigenvalue weighted by atomic mass is 9.97. The highest BCUT2D eigenvalue weighted by Gasteiger charge is 2.16. The number of hydrogen-bond donors (Lipinski definition) is 1. The van der Waals surface area contributed by atoms with Crippen LogP contribution < -0.4 is 10.1 Å². The largest absolute Gasteiger partial charge is 0.457 e. The highest BCUT2D eigenvalue weighted by molar-refractivity contribution is 6.31. The molecule has 0 spiro atoms. The van der Waals surface area contributed by atoms with E-state index in [2.05, 4.69) is 38.2 Å². The Bertz CT molecular complexity index is 1250. The number of ether oxygens (including phenoxy) is 1. The molecule has 0 bridgehead atoms. The van der Waals surface area contributed by atoms with E-state index in [9.17, 15) is 4.79 Å². The Morgan fingerprint density at radius 2 is 1.64 bits per heavy atom. The van der Waals surface area contributed by atoms with Crippen LogP contribution in [-0.2, 0) is 13.0 Å². The molecule has 4 rings (SSSR count). The molecule has 1 aromatic heterocycles. The van der Waals surface area contributed by atoms with E-state index < -0.39 is 0 Å². The fraction of sp³-hybridized carbons (Fsp3) is 0.179. The van der Waals surface area contributed by atoms with Gasteiger partial charge >= 0.3 is 0 Å². The second-order valence-corrected chi connectivity index (χ2v) is 8.54. The van der Waals surface area contributed by atoms with Crippen LogP contribution in [0.4, 0.5) is 0 Å². The van der Waals surface area contributed by atoms with E-state index in [0.29, 0.717) is 28.5 Å². The lowest BCUT2D eigenvalue weighted by molar-refractivity contribution is 0.0921. The first kappa shape index (κ1) is 22.7. The van der Waals surface area contributed by atoms with E-state index in [4.69, 9.17) is 20.8 Å². The van der Waals surface area contributed by atoms with Crippen LogP contribution in [0.3, 0.4) is 0 Å². The van der Waals surface area contributed by atoms with E-state index >= 15 is 0 Å². The van der Waals surface area contributed by atoms with Crippen molar-refractivity contribution in [2.45, 2.75) is 33.7 Å². The van der Waals surface area contributed by atoms with Gasteiger partial charge in [0.15, 0.2) is 5.76 Å². The fourth-order valence-corrected chi connectivity index (χ4v) is 4.17. The molecule has 0 atom stereocenters. The minimum absolute atomic E-state index is 0.215. The number of amides is 1. The molecule has 3 aromatic carbocycles. The van der Waals surface area contributed by atoms with Crippen LogP contribution in [0.1, 0.15) is 44.1 Å². The average Bonchev–Trinajstić information content (AvgIpc) is 3.25. The number of aryl methyl sites for hydroxylation is 3. The molecule has 0 radical (unpaired) electrons. The van der Waals surface area contributed by atoms with Gasteiger partial charge in [-0.15, -0.1) is 0 Å². The summed E-state index contributed by atoms with van der Waals surface area (Å²) in [5, 5.41) is 3.41.